The van der Waals surface area contributed by atoms with E-state index in [1.165, 1.54) is 9.44 Å². The number of fused-ring (bicyclic) bond motifs is 3. The molecule has 2 heterocycles. The molecular weight excluding hydrogens is 428 g/mol. The molecule has 0 aliphatic heterocycles. The summed E-state index contributed by atoms with van der Waals surface area (Å²) in [6.07, 6.45) is 4.11. The Balaban J connectivity index is 1.78. The van der Waals surface area contributed by atoms with Crippen LogP contribution in [0.1, 0.15) is 47.4 Å². The SMILES string of the molecule is CC(c1ccccc1)n1c(=O)c2c3c(sc2n(Cc2ccc(Cl)cc2)c1=O)CCCC3. The Morgan fingerprint density at radius 2 is 1.71 bits per heavy atom. The predicted molar refractivity (Wildman–Crippen MR) is 128 cm³/mol. The number of halogens is 1. The lowest BCUT2D eigenvalue weighted by Crippen LogP contribution is -2.42. The fraction of sp³-hybridized carbons (Fsp3) is 0.280. The number of benzene rings is 2. The Bertz CT molecular complexity index is 1370. The number of nitrogens with zero attached hydrogens (tertiary/aromatic N) is 2. The van der Waals surface area contributed by atoms with Crippen molar-refractivity contribution in [3.8, 4) is 0 Å². The molecule has 2 aromatic heterocycles. The van der Waals surface area contributed by atoms with Gasteiger partial charge in [-0.1, -0.05) is 54.1 Å². The minimum Gasteiger partial charge on any atom is -0.280 e. The van der Waals surface area contributed by atoms with Crippen molar-refractivity contribution in [3.63, 3.8) is 0 Å². The molecule has 1 aliphatic carbocycles. The van der Waals surface area contributed by atoms with Crippen molar-refractivity contribution in [1.29, 1.82) is 0 Å². The smallest absolute Gasteiger partial charge is 0.280 e. The van der Waals surface area contributed by atoms with E-state index in [0.29, 0.717) is 11.6 Å². The summed E-state index contributed by atoms with van der Waals surface area (Å²) < 4.78 is 3.22. The highest BCUT2D eigenvalue weighted by Crippen LogP contribution is 2.34. The highest BCUT2D eigenvalue weighted by atomic mass is 35.5. The van der Waals surface area contributed by atoms with Crippen LogP contribution < -0.4 is 11.2 Å². The average molecular weight is 451 g/mol. The van der Waals surface area contributed by atoms with Crippen molar-refractivity contribution in [2.24, 2.45) is 0 Å². The third kappa shape index (κ3) is 3.56. The van der Waals surface area contributed by atoms with Gasteiger partial charge in [0.2, 0.25) is 0 Å². The van der Waals surface area contributed by atoms with Crippen molar-refractivity contribution in [3.05, 3.63) is 102 Å². The lowest BCUT2D eigenvalue weighted by molar-refractivity contribution is 0.551. The van der Waals surface area contributed by atoms with Gasteiger partial charge in [-0.3, -0.25) is 13.9 Å². The number of hydrogen-bond acceptors (Lipinski definition) is 3. The van der Waals surface area contributed by atoms with E-state index in [9.17, 15) is 9.59 Å². The Morgan fingerprint density at radius 1 is 1.00 bits per heavy atom. The first kappa shape index (κ1) is 20.3. The second-order valence-corrected chi connectivity index (χ2v) is 9.67. The summed E-state index contributed by atoms with van der Waals surface area (Å²) in [6, 6.07) is 16.9. The van der Waals surface area contributed by atoms with Gasteiger partial charge in [-0.15, -0.1) is 11.3 Å². The van der Waals surface area contributed by atoms with Crippen LogP contribution in [-0.2, 0) is 19.4 Å². The van der Waals surface area contributed by atoms with Crippen molar-refractivity contribution < 1.29 is 0 Å². The van der Waals surface area contributed by atoms with E-state index >= 15 is 0 Å². The molecule has 4 nitrogen and oxygen atoms in total. The zero-order valence-electron chi connectivity index (χ0n) is 17.3. The van der Waals surface area contributed by atoms with E-state index in [-0.39, 0.29) is 17.3 Å². The zero-order valence-corrected chi connectivity index (χ0v) is 18.9. The van der Waals surface area contributed by atoms with Gasteiger partial charge >= 0.3 is 5.69 Å². The van der Waals surface area contributed by atoms with Gasteiger partial charge in [-0.25, -0.2) is 4.79 Å². The van der Waals surface area contributed by atoms with Gasteiger partial charge in [0.15, 0.2) is 0 Å². The molecule has 0 saturated carbocycles. The first-order valence-electron chi connectivity index (χ1n) is 10.6. The van der Waals surface area contributed by atoms with Crippen LogP contribution in [0.5, 0.6) is 0 Å². The third-order valence-corrected chi connectivity index (χ3v) is 7.76. The molecule has 0 N–H and O–H groups in total. The molecule has 0 radical (unpaired) electrons. The van der Waals surface area contributed by atoms with Crippen LogP contribution in [0.25, 0.3) is 10.2 Å². The topological polar surface area (TPSA) is 44.0 Å². The lowest BCUT2D eigenvalue weighted by atomic mass is 9.97. The zero-order chi connectivity index (χ0) is 21.5. The average Bonchev–Trinajstić information content (AvgIpc) is 3.18. The van der Waals surface area contributed by atoms with Gasteiger partial charge in [-0.05, 0) is 61.4 Å². The summed E-state index contributed by atoms with van der Waals surface area (Å²) in [4.78, 5) is 29.5. The fourth-order valence-electron chi connectivity index (χ4n) is 4.52. The van der Waals surface area contributed by atoms with Crippen molar-refractivity contribution in [1.82, 2.24) is 9.13 Å². The van der Waals surface area contributed by atoms with E-state index in [1.807, 2.05) is 61.5 Å². The van der Waals surface area contributed by atoms with Crippen LogP contribution in [0.4, 0.5) is 0 Å². The molecule has 1 aliphatic rings. The summed E-state index contributed by atoms with van der Waals surface area (Å²) in [7, 11) is 0. The summed E-state index contributed by atoms with van der Waals surface area (Å²) in [5, 5.41) is 1.39. The first-order valence-corrected chi connectivity index (χ1v) is 11.8. The molecular formula is C25H23ClN2O2S. The molecule has 1 atom stereocenters. The van der Waals surface area contributed by atoms with Crippen molar-refractivity contribution >= 4 is 33.2 Å². The molecule has 1 unspecified atom stereocenters. The molecule has 0 amide bonds. The first-order chi connectivity index (χ1) is 15.0. The Hall–Kier alpha value is -2.63. The highest BCUT2D eigenvalue weighted by Gasteiger charge is 2.25. The van der Waals surface area contributed by atoms with Gasteiger partial charge in [-0.2, -0.15) is 0 Å². The summed E-state index contributed by atoms with van der Waals surface area (Å²) in [5.41, 5.74) is 2.65. The Labute approximate surface area is 189 Å². The molecule has 0 saturated heterocycles. The molecule has 2 aromatic carbocycles. The Kier molecular flexibility index (Phi) is 5.32. The van der Waals surface area contributed by atoms with Crippen LogP contribution in [-0.4, -0.2) is 9.13 Å². The minimum atomic E-state index is -0.346. The quantitative estimate of drug-likeness (QED) is 0.417. The Morgan fingerprint density at radius 3 is 2.45 bits per heavy atom. The van der Waals surface area contributed by atoms with E-state index in [1.54, 1.807) is 15.9 Å². The summed E-state index contributed by atoms with van der Waals surface area (Å²) in [6.45, 7) is 2.34. The number of aromatic nitrogens is 2. The van der Waals surface area contributed by atoms with Crippen LogP contribution in [0.3, 0.4) is 0 Å². The molecule has 31 heavy (non-hydrogen) atoms. The maximum atomic E-state index is 13.7. The molecule has 6 heteroatoms. The van der Waals surface area contributed by atoms with E-state index in [2.05, 4.69) is 0 Å². The lowest BCUT2D eigenvalue weighted by Gasteiger charge is -2.18. The van der Waals surface area contributed by atoms with Crippen LogP contribution in [0.15, 0.2) is 64.2 Å². The number of rotatable bonds is 4. The van der Waals surface area contributed by atoms with Gasteiger partial charge < -0.3 is 0 Å². The van der Waals surface area contributed by atoms with E-state index in [0.717, 1.165) is 52.6 Å². The van der Waals surface area contributed by atoms with E-state index in [4.69, 9.17) is 11.6 Å². The number of aryl methyl sites for hydroxylation is 2. The number of hydrogen-bond donors (Lipinski definition) is 0. The fourth-order valence-corrected chi connectivity index (χ4v) is 6.02. The monoisotopic (exact) mass is 450 g/mol. The second-order valence-electron chi connectivity index (χ2n) is 8.15. The van der Waals surface area contributed by atoms with Crippen LogP contribution in [0, 0.1) is 0 Å². The molecule has 5 rings (SSSR count). The van der Waals surface area contributed by atoms with Crippen LogP contribution in [0.2, 0.25) is 5.02 Å². The standard InChI is InChI=1S/C25H23ClN2O2S/c1-16(18-7-3-2-4-8-18)28-23(29)22-20-9-5-6-10-21(20)31-24(22)27(25(28)30)15-17-11-13-19(26)14-12-17/h2-4,7-8,11-14,16H,5-6,9-10,15H2,1H3. The van der Waals surface area contributed by atoms with Gasteiger partial charge in [0.1, 0.15) is 4.83 Å². The maximum absolute atomic E-state index is 13.7. The molecule has 0 spiro atoms. The maximum Gasteiger partial charge on any atom is 0.332 e. The molecule has 0 fully saturated rings. The summed E-state index contributed by atoms with van der Waals surface area (Å²) >= 11 is 7.67. The van der Waals surface area contributed by atoms with Crippen LogP contribution >= 0.6 is 22.9 Å². The van der Waals surface area contributed by atoms with Crippen molar-refractivity contribution in [2.75, 3.05) is 0 Å². The van der Waals surface area contributed by atoms with Gasteiger partial charge in [0.05, 0.1) is 18.0 Å². The van der Waals surface area contributed by atoms with E-state index < -0.39 is 0 Å². The van der Waals surface area contributed by atoms with Gasteiger partial charge in [0.25, 0.3) is 5.56 Å². The summed E-state index contributed by atoms with van der Waals surface area (Å²) in [5.74, 6) is 0. The second kappa shape index (κ2) is 8.13. The van der Waals surface area contributed by atoms with Gasteiger partial charge in [0, 0.05) is 9.90 Å². The minimum absolute atomic E-state index is 0.164. The normalized spacial score (nSPS) is 14.5. The van der Waals surface area contributed by atoms with Crippen molar-refractivity contribution in [2.45, 2.75) is 45.2 Å². The largest absolute Gasteiger partial charge is 0.332 e. The molecule has 158 valence electrons. The predicted octanol–water partition coefficient (Wildman–Crippen LogP) is 5.41. The molecule has 0 bridgehead atoms. The number of thiophene rings is 1. The third-order valence-electron chi connectivity index (χ3n) is 6.19. The molecule has 4 aromatic rings. The highest BCUT2D eigenvalue weighted by molar-refractivity contribution is 7.18.